The van der Waals surface area contributed by atoms with Crippen molar-refractivity contribution in [2.24, 2.45) is 20.0 Å². The smallest absolute Gasteiger partial charge is 0.265 e. The third-order valence-corrected chi connectivity index (χ3v) is 6.91. The van der Waals surface area contributed by atoms with Gasteiger partial charge in [0.05, 0.1) is 27.8 Å². The topological polar surface area (TPSA) is 47.2 Å². The number of carbonyl (C=O) groups is 1. The maximum Gasteiger partial charge on any atom is 0.265 e. The van der Waals surface area contributed by atoms with Crippen molar-refractivity contribution in [3.8, 4) is 0 Å². The number of piperidine rings is 1. The third kappa shape index (κ3) is 2.20. The number of benzene rings is 1. The molecule has 3 heterocycles. The van der Waals surface area contributed by atoms with E-state index in [2.05, 4.69) is 0 Å². The van der Waals surface area contributed by atoms with Crippen LogP contribution in [-0.2, 0) is 19.5 Å². The molecule has 2 atom stereocenters. The van der Waals surface area contributed by atoms with Crippen LogP contribution >= 0.6 is 0 Å². The molecule has 0 N–H and O–H groups in total. The summed E-state index contributed by atoms with van der Waals surface area (Å²) in [4.78, 5) is 27.7. The number of halogens is 2. The standard InChI is InChI=1S/C23H23F2N3O2/c1-13-6-5-7-15(8-13)22-12-28(11-17(22)23(22,24)25)20(29)16-10-26(3)19-14(2)9-27(4)21(30)18(16)19/h5-10,17H,11-12H2,1-4H3. The number of hydrogen-bond donors (Lipinski definition) is 0. The zero-order valence-corrected chi connectivity index (χ0v) is 17.4. The van der Waals surface area contributed by atoms with Gasteiger partial charge in [-0.25, -0.2) is 8.78 Å². The molecule has 156 valence electrons. The van der Waals surface area contributed by atoms with Gasteiger partial charge in [-0.2, -0.15) is 0 Å². The van der Waals surface area contributed by atoms with Crippen molar-refractivity contribution in [3.63, 3.8) is 0 Å². The molecule has 0 radical (unpaired) electrons. The van der Waals surface area contributed by atoms with E-state index in [1.165, 1.54) is 9.47 Å². The predicted molar refractivity (Wildman–Crippen MR) is 110 cm³/mol. The van der Waals surface area contributed by atoms with E-state index in [9.17, 15) is 18.4 Å². The van der Waals surface area contributed by atoms with E-state index < -0.39 is 17.3 Å². The molecule has 5 nitrogen and oxygen atoms in total. The van der Waals surface area contributed by atoms with E-state index in [0.29, 0.717) is 16.5 Å². The summed E-state index contributed by atoms with van der Waals surface area (Å²) in [5.41, 5.74) is 1.76. The first-order chi connectivity index (χ1) is 14.1. The van der Waals surface area contributed by atoms with Gasteiger partial charge in [0.15, 0.2) is 0 Å². The van der Waals surface area contributed by atoms with Gasteiger partial charge in [0.1, 0.15) is 0 Å². The quantitative estimate of drug-likeness (QED) is 0.651. The number of nitrogens with zero attached hydrogens (tertiary/aromatic N) is 3. The molecule has 1 amide bonds. The van der Waals surface area contributed by atoms with Crippen LogP contribution in [0.4, 0.5) is 8.78 Å². The highest BCUT2D eigenvalue weighted by molar-refractivity contribution is 6.07. The Hall–Kier alpha value is -2.96. The Labute approximate surface area is 172 Å². The van der Waals surface area contributed by atoms with Crippen molar-refractivity contribution in [1.29, 1.82) is 0 Å². The van der Waals surface area contributed by atoms with Gasteiger partial charge in [0.2, 0.25) is 0 Å². The Balaban J connectivity index is 1.57. The van der Waals surface area contributed by atoms with Gasteiger partial charge < -0.3 is 14.0 Å². The monoisotopic (exact) mass is 411 g/mol. The van der Waals surface area contributed by atoms with Crippen LogP contribution in [0.1, 0.15) is 27.0 Å². The van der Waals surface area contributed by atoms with Gasteiger partial charge >= 0.3 is 0 Å². The number of rotatable bonds is 2. The van der Waals surface area contributed by atoms with Crippen LogP contribution in [0.15, 0.2) is 41.5 Å². The molecule has 2 aromatic heterocycles. The Morgan fingerprint density at radius 3 is 2.57 bits per heavy atom. The molecule has 1 aliphatic carbocycles. The Morgan fingerprint density at radius 2 is 1.87 bits per heavy atom. The van der Waals surface area contributed by atoms with E-state index in [1.54, 1.807) is 49.3 Å². The van der Waals surface area contributed by atoms with Crippen LogP contribution in [0.5, 0.6) is 0 Å². The van der Waals surface area contributed by atoms with Crippen molar-refractivity contribution in [3.05, 3.63) is 69.3 Å². The highest BCUT2D eigenvalue weighted by Gasteiger charge is 2.84. The minimum Gasteiger partial charge on any atom is -0.349 e. The number of fused-ring (bicyclic) bond motifs is 2. The molecule has 3 aromatic rings. The fourth-order valence-corrected chi connectivity index (χ4v) is 5.40. The van der Waals surface area contributed by atoms with E-state index in [1.807, 2.05) is 19.9 Å². The summed E-state index contributed by atoms with van der Waals surface area (Å²) in [6, 6.07) is 7.18. The Bertz CT molecular complexity index is 1290. The van der Waals surface area contributed by atoms with E-state index >= 15 is 0 Å². The predicted octanol–water partition coefficient (Wildman–Crippen LogP) is 3.15. The molecule has 30 heavy (non-hydrogen) atoms. The fourth-order valence-electron chi connectivity index (χ4n) is 5.40. The number of pyridine rings is 1. The highest BCUT2D eigenvalue weighted by atomic mass is 19.3. The lowest BCUT2D eigenvalue weighted by Gasteiger charge is -2.24. The van der Waals surface area contributed by atoms with Gasteiger partial charge in [-0.1, -0.05) is 29.8 Å². The number of carbonyl (C=O) groups excluding carboxylic acids is 1. The van der Waals surface area contributed by atoms with E-state index in [4.69, 9.17) is 0 Å². The van der Waals surface area contributed by atoms with Gasteiger partial charge in [0.25, 0.3) is 17.4 Å². The average Bonchev–Trinajstić information content (AvgIpc) is 3.05. The van der Waals surface area contributed by atoms with Crippen molar-refractivity contribution in [2.75, 3.05) is 13.1 Å². The lowest BCUT2D eigenvalue weighted by molar-refractivity contribution is 0.0394. The summed E-state index contributed by atoms with van der Waals surface area (Å²) in [6.07, 6.45) is 3.38. The molecule has 1 saturated carbocycles. The first kappa shape index (κ1) is 19.0. The summed E-state index contributed by atoms with van der Waals surface area (Å²) < 4.78 is 32.8. The van der Waals surface area contributed by atoms with Crippen molar-refractivity contribution < 1.29 is 13.6 Å². The number of hydrogen-bond acceptors (Lipinski definition) is 2. The van der Waals surface area contributed by atoms with Crippen LogP contribution in [0.2, 0.25) is 0 Å². The number of amides is 1. The largest absolute Gasteiger partial charge is 0.349 e. The van der Waals surface area contributed by atoms with Crippen LogP contribution in [0.25, 0.3) is 10.9 Å². The second-order valence-corrected chi connectivity index (χ2v) is 8.81. The molecule has 2 fully saturated rings. The number of aromatic nitrogens is 2. The van der Waals surface area contributed by atoms with Crippen LogP contribution < -0.4 is 5.56 Å². The fraction of sp³-hybridized carbons (Fsp3) is 0.391. The third-order valence-electron chi connectivity index (χ3n) is 6.91. The van der Waals surface area contributed by atoms with Crippen LogP contribution in [0.3, 0.4) is 0 Å². The van der Waals surface area contributed by atoms with E-state index in [0.717, 1.165) is 11.1 Å². The zero-order valence-electron chi connectivity index (χ0n) is 17.4. The second-order valence-electron chi connectivity index (χ2n) is 8.81. The maximum atomic E-state index is 14.8. The van der Waals surface area contributed by atoms with Crippen molar-refractivity contribution in [2.45, 2.75) is 25.2 Å². The lowest BCUT2D eigenvalue weighted by atomic mass is 9.93. The molecule has 2 unspecified atom stereocenters. The molecule has 1 aliphatic heterocycles. The Morgan fingerprint density at radius 1 is 1.13 bits per heavy atom. The molecule has 2 aliphatic rings. The van der Waals surface area contributed by atoms with Gasteiger partial charge in [-0.15, -0.1) is 0 Å². The first-order valence-corrected chi connectivity index (χ1v) is 9.99. The minimum atomic E-state index is -2.83. The van der Waals surface area contributed by atoms with Crippen LogP contribution in [-0.4, -0.2) is 39.0 Å². The molecule has 0 spiro atoms. The summed E-state index contributed by atoms with van der Waals surface area (Å²) in [5.74, 6) is -4.09. The zero-order chi connectivity index (χ0) is 21.6. The first-order valence-electron chi connectivity index (χ1n) is 9.99. The van der Waals surface area contributed by atoms with Crippen molar-refractivity contribution in [1.82, 2.24) is 14.0 Å². The van der Waals surface area contributed by atoms with Gasteiger partial charge in [-0.3, -0.25) is 9.59 Å². The molecule has 0 bridgehead atoms. The highest BCUT2D eigenvalue weighted by Crippen LogP contribution is 2.70. The summed E-state index contributed by atoms with van der Waals surface area (Å²) >= 11 is 0. The lowest BCUT2D eigenvalue weighted by Crippen LogP contribution is -2.38. The Kier molecular flexibility index (Phi) is 3.68. The van der Waals surface area contributed by atoms with Crippen LogP contribution in [0, 0.1) is 19.8 Å². The van der Waals surface area contributed by atoms with Gasteiger partial charge in [-0.05, 0) is 25.0 Å². The summed E-state index contributed by atoms with van der Waals surface area (Å²) in [5, 5.41) is 0.349. The molecule has 1 aromatic carbocycles. The normalized spacial score (nSPS) is 24.3. The van der Waals surface area contributed by atoms with Crippen molar-refractivity contribution >= 4 is 16.8 Å². The average molecular weight is 411 g/mol. The molecular formula is C23H23F2N3O2. The number of alkyl halides is 2. The molecule has 1 saturated heterocycles. The summed E-state index contributed by atoms with van der Waals surface area (Å²) in [6.45, 7) is 3.70. The SMILES string of the molecule is Cc1cccc(C23CN(C(=O)c4cn(C)c5c(C)cn(C)c(=O)c45)CC2C3(F)F)c1. The van der Waals surface area contributed by atoms with Gasteiger partial charge in [0, 0.05) is 39.6 Å². The number of aryl methyl sites for hydroxylation is 4. The number of likely N-dealkylation sites (tertiary alicyclic amines) is 1. The summed E-state index contributed by atoms with van der Waals surface area (Å²) in [7, 11) is 3.43. The molecular weight excluding hydrogens is 388 g/mol. The molecule has 5 rings (SSSR count). The molecule has 7 heteroatoms. The minimum absolute atomic E-state index is 0.0116. The van der Waals surface area contributed by atoms with E-state index in [-0.39, 0.29) is 30.1 Å². The maximum absolute atomic E-state index is 14.8. The second kappa shape index (κ2) is 5.80.